The van der Waals surface area contributed by atoms with Gasteiger partial charge in [0.15, 0.2) is 17.5 Å². The van der Waals surface area contributed by atoms with Crippen LogP contribution < -0.4 is 0 Å². The average Bonchev–Trinajstić information content (AvgIpc) is 3.45. The lowest BCUT2D eigenvalue weighted by Crippen LogP contribution is -2.14. The summed E-state index contributed by atoms with van der Waals surface area (Å²) in [5, 5.41) is 3.52. The standard InChI is InChI=1S/C49H34N4/c1-49(2)42-23-12-11-21-37(42)40-28-41-39(29-44(50-45(41)30-43(40)49)38-22-13-19-31-14-9-10-20-36(31)38)32-24-26-35(27-25-32)48-52-46(33-15-5-3-6-16-33)51-47(53-48)34-17-7-4-8-18-34/h3-30H,1-2H3. The highest BCUT2D eigenvalue weighted by Crippen LogP contribution is 2.50. The molecule has 2 heterocycles. The maximum Gasteiger partial charge on any atom is 0.164 e. The van der Waals surface area contributed by atoms with Crippen LogP contribution >= 0.6 is 0 Å². The van der Waals surface area contributed by atoms with Gasteiger partial charge in [0, 0.05) is 33.1 Å². The van der Waals surface area contributed by atoms with Gasteiger partial charge in [0.2, 0.25) is 0 Å². The van der Waals surface area contributed by atoms with Crippen molar-refractivity contribution in [2.75, 3.05) is 0 Å². The fourth-order valence-electron chi connectivity index (χ4n) is 7.98. The molecule has 0 fully saturated rings. The molecule has 0 radical (unpaired) electrons. The predicted octanol–water partition coefficient (Wildman–Crippen LogP) is 12.2. The maximum atomic E-state index is 5.40. The molecule has 0 atom stereocenters. The monoisotopic (exact) mass is 678 g/mol. The van der Waals surface area contributed by atoms with Gasteiger partial charge in [0.05, 0.1) is 11.2 Å². The Balaban J connectivity index is 1.16. The number of hydrogen-bond donors (Lipinski definition) is 0. The lowest BCUT2D eigenvalue weighted by atomic mass is 9.82. The van der Waals surface area contributed by atoms with Crippen LogP contribution in [0.1, 0.15) is 25.0 Å². The summed E-state index contributed by atoms with van der Waals surface area (Å²) >= 11 is 0. The third-order valence-corrected chi connectivity index (χ3v) is 10.7. The fraction of sp³-hybridized carbons (Fsp3) is 0.0612. The normalized spacial score (nSPS) is 12.9. The van der Waals surface area contributed by atoms with Gasteiger partial charge in [-0.1, -0.05) is 166 Å². The molecule has 10 rings (SSSR count). The Labute approximate surface area is 308 Å². The molecule has 0 aliphatic heterocycles. The number of pyridine rings is 1. The van der Waals surface area contributed by atoms with E-state index < -0.39 is 0 Å². The zero-order chi connectivity index (χ0) is 35.5. The lowest BCUT2D eigenvalue weighted by molar-refractivity contribution is 0.661. The summed E-state index contributed by atoms with van der Waals surface area (Å²) in [6.07, 6.45) is 0. The van der Waals surface area contributed by atoms with Crippen molar-refractivity contribution in [3.63, 3.8) is 0 Å². The SMILES string of the molecule is CC1(C)c2ccccc2-c2cc3c(-c4ccc(-c5nc(-c6ccccc6)nc(-c6ccccc6)n5)cc4)cc(-c4cccc5ccccc45)nc3cc21. The largest absolute Gasteiger partial charge is 0.248 e. The van der Waals surface area contributed by atoms with Gasteiger partial charge in [0.25, 0.3) is 0 Å². The van der Waals surface area contributed by atoms with Crippen molar-refractivity contribution < 1.29 is 0 Å². The van der Waals surface area contributed by atoms with Crippen LogP contribution in [0.5, 0.6) is 0 Å². The highest BCUT2D eigenvalue weighted by molar-refractivity contribution is 6.04. The van der Waals surface area contributed by atoms with Gasteiger partial charge < -0.3 is 0 Å². The molecule has 4 nitrogen and oxygen atoms in total. The summed E-state index contributed by atoms with van der Waals surface area (Å²) in [6, 6.07) is 59.6. The topological polar surface area (TPSA) is 51.6 Å². The van der Waals surface area contributed by atoms with Crippen LogP contribution in [0.4, 0.5) is 0 Å². The van der Waals surface area contributed by atoms with Crippen molar-refractivity contribution in [3.05, 3.63) is 181 Å². The van der Waals surface area contributed by atoms with E-state index in [-0.39, 0.29) is 5.41 Å². The molecule has 9 aromatic rings. The summed E-state index contributed by atoms with van der Waals surface area (Å²) in [5.74, 6) is 1.93. The molecule has 0 amide bonds. The molecule has 0 N–H and O–H groups in total. The summed E-state index contributed by atoms with van der Waals surface area (Å²) in [5.41, 5.74) is 13.3. The summed E-state index contributed by atoms with van der Waals surface area (Å²) in [6.45, 7) is 4.65. The van der Waals surface area contributed by atoms with Gasteiger partial charge in [-0.3, -0.25) is 0 Å². The summed E-state index contributed by atoms with van der Waals surface area (Å²) in [7, 11) is 0. The predicted molar refractivity (Wildman–Crippen MR) is 217 cm³/mol. The summed E-state index contributed by atoms with van der Waals surface area (Å²) < 4.78 is 0. The van der Waals surface area contributed by atoms with Gasteiger partial charge in [-0.05, 0) is 62.4 Å². The van der Waals surface area contributed by atoms with E-state index in [4.69, 9.17) is 19.9 Å². The third kappa shape index (κ3) is 5.22. The number of nitrogens with zero attached hydrogens (tertiary/aromatic N) is 4. The molecular weight excluding hydrogens is 645 g/mol. The Morgan fingerprint density at radius 3 is 1.60 bits per heavy atom. The van der Waals surface area contributed by atoms with Crippen molar-refractivity contribution in [2.24, 2.45) is 0 Å². The highest BCUT2D eigenvalue weighted by Gasteiger charge is 2.35. The van der Waals surface area contributed by atoms with Crippen LogP contribution in [0.15, 0.2) is 170 Å². The molecule has 1 aliphatic rings. The summed E-state index contributed by atoms with van der Waals surface area (Å²) in [4.78, 5) is 20.2. The minimum Gasteiger partial charge on any atom is -0.248 e. The third-order valence-electron chi connectivity index (χ3n) is 10.7. The second-order valence-electron chi connectivity index (χ2n) is 14.3. The van der Waals surface area contributed by atoms with E-state index in [0.717, 1.165) is 50.0 Å². The van der Waals surface area contributed by atoms with Gasteiger partial charge in [0.1, 0.15) is 0 Å². The van der Waals surface area contributed by atoms with Crippen LogP contribution in [0, 0.1) is 0 Å². The quantitative estimate of drug-likeness (QED) is 0.182. The van der Waals surface area contributed by atoms with Gasteiger partial charge in [-0.25, -0.2) is 19.9 Å². The smallest absolute Gasteiger partial charge is 0.164 e. The molecule has 7 aromatic carbocycles. The second kappa shape index (κ2) is 12.2. The molecule has 1 aliphatic carbocycles. The van der Waals surface area contributed by atoms with E-state index in [1.807, 2.05) is 60.7 Å². The van der Waals surface area contributed by atoms with Crippen molar-refractivity contribution in [1.82, 2.24) is 19.9 Å². The Bertz CT molecular complexity index is 2780. The van der Waals surface area contributed by atoms with E-state index >= 15 is 0 Å². The van der Waals surface area contributed by atoms with E-state index in [2.05, 4.69) is 123 Å². The Kier molecular flexibility index (Phi) is 7.12. The van der Waals surface area contributed by atoms with Gasteiger partial charge in [-0.15, -0.1) is 0 Å². The van der Waals surface area contributed by atoms with Crippen LogP contribution in [-0.4, -0.2) is 19.9 Å². The lowest BCUT2D eigenvalue weighted by Gasteiger charge is -2.22. The van der Waals surface area contributed by atoms with Crippen LogP contribution in [-0.2, 0) is 5.41 Å². The van der Waals surface area contributed by atoms with Gasteiger partial charge >= 0.3 is 0 Å². The minimum absolute atomic E-state index is 0.124. The molecule has 0 bridgehead atoms. The fourth-order valence-corrected chi connectivity index (χ4v) is 7.98. The Morgan fingerprint density at radius 1 is 0.358 bits per heavy atom. The number of rotatable bonds is 5. The number of benzene rings is 7. The first-order valence-corrected chi connectivity index (χ1v) is 18.1. The molecular formula is C49H34N4. The maximum absolute atomic E-state index is 5.40. The first-order chi connectivity index (χ1) is 26.0. The molecule has 2 aromatic heterocycles. The Morgan fingerprint density at radius 2 is 0.906 bits per heavy atom. The van der Waals surface area contributed by atoms with E-state index in [9.17, 15) is 0 Å². The van der Waals surface area contributed by atoms with Crippen molar-refractivity contribution in [1.29, 1.82) is 0 Å². The Hall–Kier alpha value is -6.78. The van der Waals surface area contributed by atoms with Crippen molar-refractivity contribution in [2.45, 2.75) is 19.3 Å². The average molecular weight is 679 g/mol. The van der Waals surface area contributed by atoms with Crippen LogP contribution in [0.3, 0.4) is 0 Å². The van der Waals surface area contributed by atoms with Crippen molar-refractivity contribution in [3.8, 4) is 67.7 Å². The second-order valence-corrected chi connectivity index (χ2v) is 14.3. The van der Waals surface area contributed by atoms with E-state index in [0.29, 0.717) is 17.5 Å². The molecule has 0 saturated heterocycles. The van der Waals surface area contributed by atoms with Gasteiger partial charge in [-0.2, -0.15) is 0 Å². The number of fused-ring (bicyclic) bond motifs is 5. The van der Waals surface area contributed by atoms with Crippen LogP contribution in [0.2, 0.25) is 0 Å². The zero-order valence-corrected chi connectivity index (χ0v) is 29.5. The molecule has 0 unspecified atom stereocenters. The minimum atomic E-state index is -0.124. The highest BCUT2D eigenvalue weighted by atomic mass is 15.0. The first kappa shape index (κ1) is 31.0. The zero-order valence-electron chi connectivity index (χ0n) is 29.5. The molecule has 4 heteroatoms. The van der Waals surface area contributed by atoms with Crippen LogP contribution in [0.25, 0.3) is 89.4 Å². The van der Waals surface area contributed by atoms with E-state index in [1.54, 1.807) is 0 Å². The molecule has 0 spiro atoms. The van der Waals surface area contributed by atoms with Crippen molar-refractivity contribution >= 4 is 21.7 Å². The number of hydrogen-bond acceptors (Lipinski definition) is 4. The van der Waals surface area contributed by atoms with E-state index in [1.165, 1.54) is 33.0 Å². The molecule has 53 heavy (non-hydrogen) atoms. The molecule has 0 saturated carbocycles. The first-order valence-electron chi connectivity index (χ1n) is 18.1. The molecule has 250 valence electrons. The number of aromatic nitrogens is 4.